The fourth-order valence-corrected chi connectivity index (χ4v) is 2.32. The molecule has 1 aliphatic heterocycles. The van der Waals surface area contributed by atoms with Crippen molar-refractivity contribution in [3.05, 3.63) is 39.6 Å². The van der Waals surface area contributed by atoms with Gasteiger partial charge in [0.15, 0.2) is 0 Å². The zero-order chi connectivity index (χ0) is 11.4. The molecule has 86 valence electrons. The minimum Gasteiger partial charge on any atom is -0.316 e. The van der Waals surface area contributed by atoms with E-state index in [2.05, 4.69) is 27.3 Å². The summed E-state index contributed by atoms with van der Waals surface area (Å²) >= 11 is 3.21. The van der Waals surface area contributed by atoms with E-state index in [9.17, 15) is 4.39 Å². The molecule has 0 radical (unpaired) electrons. The third kappa shape index (κ3) is 3.16. The Bertz CT molecular complexity index is 391. The number of rotatable bonds is 1. The minimum atomic E-state index is -0.204. The number of hydrogen-bond donors (Lipinski definition) is 1. The second-order valence-corrected chi connectivity index (χ2v) is 4.93. The quantitative estimate of drug-likeness (QED) is 0.828. The van der Waals surface area contributed by atoms with Crippen molar-refractivity contribution >= 4 is 22.0 Å². The lowest BCUT2D eigenvalue weighted by Gasteiger charge is -2.03. The molecule has 0 amide bonds. The van der Waals surface area contributed by atoms with Gasteiger partial charge in [-0.2, -0.15) is 0 Å². The van der Waals surface area contributed by atoms with Gasteiger partial charge in [0, 0.05) is 0 Å². The number of hydrogen-bond acceptors (Lipinski definition) is 1. The highest BCUT2D eigenvalue weighted by molar-refractivity contribution is 9.10. The van der Waals surface area contributed by atoms with E-state index in [-0.39, 0.29) is 5.82 Å². The standard InChI is InChI=1S/C13H15BrFN/c14-12-9-11(3-4-13(12)15)8-10-2-1-6-16-7-5-10/h3-4,8-9,16H,1-2,5-7H2/b10-8-. The zero-order valence-corrected chi connectivity index (χ0v) is 10.7. The molecule has 16 heavy (non-hydrogen) atoms. The predicted octanol–water partition coefficient (Wildman–Crippen LogP) is 3.75. The molecule has 1 N–H and O–H groups in total. The highest BCUT2D eigenvalue weighted by Crippen LogP contribution is 2.21. The van der Waals surface area contributed by atoms with Crippen molar-refractivity contribution in [1.29, 1.82) is 0 Å². The highest BCUT2D eigenvalue weighted by Gasteiger charge is 2.04. The number of nitrogens with one attached hydrogen (secondary N) is 1. The molecule has 1 nitrogen and oxygen atoms in total. The SMILES string of the molecule is Fc1ccc(/C=C2/CCCNCC2)cc1Br. The summed E-state index contributed by atoms with van der Waals surface area (Å²) in [6.07, 6.45) is 5.60. The molecule has 0 atom stereocenters. The fourth-order valence-electron chi connectivity index (χ4n) is 1.92. The smallest absolute Gasteiger partial charge is 0.137 e. The fraction of sp³-hybridized carbons (Fsp3) is 0.385. The van der Waals surface area contributed by atoms with Crippen LogP contribution in [0.3, 0.4) is 0 Å². The molecule has 1 saturated heterocycles. The molecule has 1 heterocycles. The maximum absolute atomic E-state index is 13.1. The maximum atomic E-state index is 13.1. The van der Waals surface area contributed by atoms with Crippen molar-refractivity contribution < 1.29 is 4.39 Å². The van der Waals surface area contributed by atoms with Gasteiger partial charge in [0.05, 0.1) is 4.47 Å². The minimum absolute atomic E-state index is 0.204. The van der Waals surface area contributed by atoms with E-state index in [0.717, 1.165) is 31.5 Å². The first-order valence-corrected chi connectivity index (χ1v) is 6.40. The Hall–Kier alpha value is -0.670. The Morgan fingerprint density at radius 1 is 1.25 bits per heavy atom. The molecule has 1 fully saturated rings. The van der Waals surface area contributed by atoms with Crippen molar-refractivity contribution in [2.24, 2.45) is 0 Å². The summed E-state index contributed by atoms with van der Waals surface area (Å²) < 4.78 is 13.6. The molecule has 3 heteroatoms. The van der Waals surface area contributed by atoms with Crippen LogP contribution in [-0.2, 0) is 0 Å². The Morgan fingerprint density at radius 2 is 2.12 bits per heavy atom. The third-order valence-electron chi connectivity index (χ3n) is 2.79. The third-order valence-corrected chi connectivity index (χ3v) is 3.40. The lowest BCUT2D eigenvalue weighted by atomic mass is 10.0. The molecule has 0 spiro atoms. The molecule has 1 aliphatic rings. The number of benzene rings is 1. The average molecular weight is 284 g/mol. The Labute approximate surface area is 104 Å². The molecule has 2 rings (SSSR count). The van der Waals surface area contributed by atoms with E-state index in [1.165, 1.54) is 18.1 Å². The molecule has 0 aliphatic carbocycles. The zero-order valence-electron chi connectivity index (χ0n) is 9.10. The lowest BCUT2D eigenvalue weighted by Crippen LogP contribution is -2.13. The summed E-state index contributed by atoms with van der Waals surface area (Å²) in [5.74, 6) is -0.204. The van der Waals surface area contributed by atoms with Gasteiger partial charge in [-0.25, -0.2) is 4.39 Å². The van der Waals surface area contributed by atoms with Crippen LogP contribution in [-0.4, -0.2) is 13.1 Å². The lowest BCUT2D eigenvalue weighted by molar-refractivity contribution is 0.621. The Kier molecular flexibility index (Phi) is 4.13. The first-order valence-electron chi connectivity index (χ1n) is 5.61. The van der Waals surface area contributed by atoms with Gasteiger partial charge in [0.1, 0.15) is 5.82 Å². The van der Waals surface area contributed by atoms with Gasteiger partial charge in [0.25, 0.3) is 0 Å². The average Bonchev–Trinajstić information content (AvgIpc) is 2.52. The normalized spacial score (nSPS) is 19.8. The summed E-state index contributed by atoms with van der Waals surface area (Å²) in [6.45, 7) is 2.15. The molecule has 1 aromatic carbocycles. The van der Waals surface area contributed by atoms with E-state index in [1.807, 2.05) is 12.1 Å². The van der Waals surface area contributed by atoms with Crippen LogP contribution in [0.4, 0.5) is 4.39 Å². The summed E-state index contributed by atoms with van der Waals surface area (Å²) in [7, 11) is 0. The monoisotopic (exact) mass is 283 g/mol. The molecule has 0 bridgehead atoms. The van der Waals surface area contributed by atoms with Crippen LogP contribution >= 0.6 is 15.9 Å². The Morgan fingerprint density at radius 3 is 2.94 bits per heavy atom. The summed E-state index contributed by atoms with van der Waals surface area (Å²) in [6, 6.07) is 5.16. The van der Waals surface area contributed by atoms with Gasteiger partial charge in [0.2, 0.25) is 0 Å². The predicted molar refractivity (Wildman–Crippen MR) is 68.8 cm³/mol. The molecule has 0 unspecified atom stereocenters. The van der Waals surface area contributed by atoms with Crippen LogP contribution in [0.5, 0.6) is 0 Å². The van der Waals surface area contributed by atoms with Crippen LogP contribution in [0.25, 0.3) is 6.08 Å². The van der Waals surface area contributed by atoms with Crippen LogP contribution in [0.2, 0.25) is 0 Å². The second-order valence-electron chi connectivity index (χ2n) is 4.08. The van der Waals surface area contributed by atoms with Crippen LogP contribution in [0, 0.1) is 5.82 Å². The van der Waals surface area contributed by atoms with Crippen LogP contribution in [0.15, 0.2) is 28.2 Å². The topological polar surface area (TPSA) is 12.0 Å². The van der Waals surface area contributed by atoms with E-state index in [1.54, 1.807) is 0 Å². The van der Waals surface area contributed by atoms with Crippen molar-refractivity contribution in [2.45, 2.75) is 19.3 Å². The highest BCUT2D eigenvalue weighted by atomic mass is 79.9. The van der Waals surface area contributed by atoms with Crippen molar-refractivity contribution in [1.82, 2.24) is 5.32 Å². The van der Waals surface area contributed by atoms with Crippen molar-refractivity contribution in [3.63, 3.8) is 0 Å². The summed E-state index contributed by atoms with van der Waals surface area (Å²) in [5, 5.41) is 3.37. The first kappa shape index (κ1) is 11.8. The van der Waals surface area contributed by atoms with Crippen LogP contribution < -0.4 is 5.32 Å². The number of halogens is 2. The van der Waals surface area contributed by atoms with Gasteiger partial charge in [-0.15, -0.1) is 0 Å². The van der Waals surface area contributed by atoms with Crippen LogP contribution in [0.1, 0.15) is 24.8 Å². The van der Waals surface area contributed by atoms with Crippen molar-refractivity contribution in [3.8, 4) is 0 Å². The Balaban J connectivity index is 2.17. The molecular formula is C13H15BrFN. The van der Waals surface area contributed by atoms with Gasteiger partial charge >= 0.3 is 0 Å². The van der Waals surface area contributed by atoms with Gasteiger partial charge in [-0.05, 0) is 66.0 Å². The summed E-state index contributed by atoms with van der Waals surface area (Å²) in [5.41, 5.74) is 2.52. The van der Waals surface area contributed by atoms with E-state index in [4.69, 9.17) is 0 Å². The molecule has 0 saturated carbocycles. The largest absolute Gasteiger partial charge is 0.316 e. The second kappa shape index (κ2) is 5.60. The van der Waals surface area contributed by atoms with Gasteiger partial charge in [-0.1, -0.05) is 17.7 Å². The first-order chi connectivity index (χ1) is 7.75. The van der Waals surface area contributed by atoms with E-state index >= 15 is 0 Å². The van der Waals surface area contributed by atoms with E-state index < -0.39 is 0 Å². The molecule has 1 aromatic rings. The summed E-state index contributed by atoms with van der Waals surface area (Å²) in [4.78, 5) is 0. The molecular weight excluding hydrogens is 269 g/mol. The van der Waals surface area contributed by atoms with E-state index in [0.29, 0.717) is 4.47 Å². The van der Waals surface area contributed by atoms with Gasteiger partial charge < -0.3 is 5.32 Å². The van der Waals surface area contributed by atoms with Crippen molar-refractivity contribution in [2.75, 3.05) is 13.1 Å². The maximum Gasteiger partial charge on any atom is 0.137 e. The van der Waals surface area contributed by atoms with Gasteiger partial charge in [-0.3, -0.25) is 0 Å². The molecule has 0 aromatic heterocycles.